The minimum absolute atomic E-state index is 0.00301. The maximum atomic E-state index is 14.0. The third-order valence-electron chi connectivity index (χ3n) is 8.12. The van der Waals surface area contributed by atoms with E-state index in [9.17, 15) is 14.3 Å². The van der Waals surface area contributed by atoms with Crippen molar-refractivity contribution < 1.29 is 9.50 Å². The fraction of sp³-hybridized carbons (Fsp3) is 0.387. The number of aromatic amines is 1. The van der Waals surface area contributed by atoms with Crippen molar-refractivity contribution in [2.24, 2.45) is 11.8 Å². The Labute approximate surface area is 227 Å². The predicted molar refractivity (Wildman–Crippen MR) is 150 cm³/mol. The van der Waals surface area contributed by atoms with E-state index in [4.69, 9.17) is 4.98 Å². The molecule has 4 aromatic rings. The van der Waals surface area contributed by atoms with E-state index in [2.05, 4.69) is 38.4 Å². The van der Waals surface area contributed by atoms with Crippen LogP contribution in [0.1, 0.15) is 54.2 Å². The fourth-order valence-electron chi connectivity index (χ4n) is 5.80. The first kappa shape index (κ1) is 25.5. The van der Waals surface area contributed by atoms with Crippen molar-refractivity contribution in [3.8, 4) is 5.75 Å². The van der Waals surface area contributed by atoms with E-state index in [1.165, 1.54) is 24.6 Å². The van der Waals surface area contributed by atoms with Crippen molar-refractivity contribution >= 4 is 16.6 Å². The number of anilines is 1. The molecule has 1 aliphatic heterocycles. The van der Waals surface area contributed by atoms with Gasteiger partial charge in [-0.25, -0.2) is 4.39 Å². The van der Waals surface area contributed by atoms with Gasteiger partial charge in [0.2, 0.25) is 0 Å². The highest BCUT2D eigenvalue weighted by molar-refractivity contribution is 5.80. The molecular weight excluding hydrogens is 493 g/mol. The molecule has 8 heteroatoms. The van der Waals surface area contributed by atoms with Crippen molar-refractivity contribution in [1.29, 1.82) is 0 Å². The van der Waals surface area contributed by atoms with Crippen LogP contribution in [0, 0.1) is 24.6 Å². The fourth-order valence-corrected chi connectivity index (χ4v) is 5.80. The molecule has 4 heterocycles. The Morgan fingerprint density at radius 1 is 1.18 bits per heavy atom. The van der Waals surface area contributed by atoms with Gasteiger partial charge in [-0.1, -0.05) is 0 Å². The number of phenols is 1. The summed E-state index contributed by atoms with van der Waals surface area (Å²) in [4.78, 5) is 27.8. The lowest BCUT2D eigenvalue weighted by Crippen LogP contribution is -2.42. The zero-order chi connectivity index (χ0) is 26.9. The molecule has 1 saturated carbocycles. The highest BCUT2D eigenvalue weighted by atomic mass is 19.1. The van der Waals surface area contributed by atoms with Crippen molar-refractivity contribution in [2.75, 3.05) is 18.0 Å². The van der Waals surface area contributed by atoms with E-state index >= 15 is 0 Å². The number of pyridine rings is 3. The smallest absolute Gasteiger partial charge is 0.193 e. The van der Waals surface area contributed by atoms with Crippen molar-refractivity contribution in [2.45, 2.75) is 51.6 Å². The predicted octanol–water partition coefficient (Wildman–Crippen LogP) is 5.17. The molecule has 1 unspecified atom stereocenters. The molecule has 2 fully saturated rings. The number of hydrogen-bond donors (Lipinski definition) is 3. The zero-order valence-electron chi connectivity index (χ0n) is 22.2. The van der Waals surface area contributed by atoms with Gasteiger partial charge in [0.05, 0.1) is 17.4 Å². The molecule has 0 amide bonds. The van der Waals surface area contributed by atoms with Crippen LogP contribution in [0.2, 0.25) is 0 Å². The number of benzene rings is 1. The number of nitrogens with one attached hydrogen (secondary N) is 2. The molecule has 1 saturated heterocycles. The zero-order valence-corrected chi connectivity index (χ0v) is 22.2. The average Bonchev–Trinajstić information content (AvgIpc) is 3.76. The number of piperidine rings is 1. The van der Waals surface area contributed by atoms with Crippen LogP contribution in [0.4, 0.5) is 10.1 Å². The highest BCUT2D eigenvalue weighted by Gasteiger charge is 2.29. The van der Waals surface area contributed by atoms with E-state index in [-0.39, 0.29) is 16.9 Å². The standard InChI is InChI=1S/C31H34FN5O2/c1-19-11-21(8-9-33-19)30(36-16-23-15-35-28-14-29(38)27(32)13-26(28)31(23)39)22-3-2-10-37(18-22)25-7-6-24(34-17-25)12-20-4-5-20/h6-9,11,13-15,17,20,22,30,36,38H,2-5,10,12,16,18H2,1H3,(H,35,39)/t22-,30?/m0/s1. The normalized spacial score (nSPS) is 18.4. The van der Waals surface area contributed by atoms with Crippen molar-refractivity contribution in [3.63, 3.8) is 0 Å². The minimum Gasteiger partial charge on any atom is -0.505 e. The number of H-pyrrole nitrogens is 1. The summed E-state index contributed by atoms with van der Waals surface area (Å²) in [7, 11) is 0. The van der Waals surface area contributed by atoms with Crippen LogP contribution in [-0.4, -0.2) is 33.1 Å². The summed E-state index contributed by atoms with van der Waals surface area (Å²) in [5.74, 6) is -0.160. The molecule has 3 aromatic heterocycles. The molecule has 0 radical (unpaired) electrons. The molecule has 1 aliphatic carbocycles. The summed E-state index contributed by atoms with van der Waals surface area (Å²) in [5.41, 5.74) is 5.09. The second-order valence-electron chi connectivity index (χ2n) is 11.1. The maximum absolute atomic E-state index is 14.0. The Morgan fingerprint density at radius 3 is 2.82 bits per heavy atom. The summed E-state index contributed by atoms with van der Waals surface area (Å²) < 4.78 is 14.0. The van der Waals surface area contributed by atoms with Crippen LogP contribution in [0.25, 0.3) is 10.9 Å². The number of rotatable bonds is 8. The summed E-state index contributed by atoms with van der Waals surface area (Å²) in [6.45, 7) is 4.18. The highest BCUT2D eigenvalue weighted by Crippen LogP contribution is 2.34. The topological polar surface area (TPSA) is 94.1 Å². The Morgan fingerprint density at radius 2 is 2.05 bits per heavy atom. The van der Waals surface area contributed by atoms with Gasteiger partial charge in [0.1, 0.15) is 0 Å². The molecule has 2 aliphatic rings. The Kier molecular flexibility index (Phi) is 7.04. The van der Waals surface area contributed by atoms with Crippen molar-refractivity contribution in [3.05, 3.63) is 93.5 Å². The number of hydrogen-bond acceptors (Lipinski definition) is 6. The first-order valence-corrected chi connectivity index (χ1v) is 13.8. The number of nitrogens with zero attached hydrogens (tertiary/aromatic N) is 3. The van der Waals surface area contributed by atoms with Crippen LogP contribution in [0.15, 0.2) is 59.8 Å². The lowest BCUT2D eigenvalue weighted by molar-refractivity contribution is 0.307. The van der Waals surface area contributed by atoms with Crippen LogP contribution < -0.4 is 15.6 Å². The van der Waals surface area contributed by atoms with Crippen LogP contribution >= 0.6 is 0 Å². The van der Waals surface area contributed by atoms with Gasteiger partial charge < -0.3 is 20.3 Å². The lowest BCUT2D eigenvalue weighted by Gasteiger charge is -2.39. The molecule has 0 spiro atoms. The largest absolute Gasteiger partial charge is 0.505 e. The van der Waals surface area contributed by atoms with Gasteiger partial charge in [-0.2, -0.15) is 0 Å². The van der Waals surface area contributed by atoms with E-state index in [1.807, 2.05) is 25.4 Å². The second kappa shape index (κ2) is 10.8. The molecule has 202 valence electrons. The first-order chi connectivity index (χ1) is 18.9. The third kappa shape index (κ3) is 5.66. The monoisotopic (exact) mass is 527 g/mol. The van der Waals surface area contributed by atoms with E-state index < -0.39 is 11.6 Å². The molecule has 3 N–H and O–H groups in total. The SMILES string of the molecule is Cc1cc(C(NCc2c[nH]c3cc(O)c(F)cc3c2=O)[C@H]2CCCN(c3ccc(CC4CC4)nc3)C2)ccn1. The Hall–Kier alpha value is -3.78. The van der Waals surface area contributed by atoms with E-state index in [1.54, 1.807) is 6.20 Å². The number of aryl methyl sites for hydroxylation is 1. The molecule has 7 nitrogen and oxygen atoms in total. The number of halogens is 1. The summed E-state index contributed by atoms with van der Waals surface area (Å²) in [6.07, 6.45) is 11.4. The van der Waals surface area contributed by atoms with Crippen LogP contribution in [-0.2, 0) is 13.0 Å². The molecule has 2 atom stereocenters. The minimum atomic E-state index is -0.805. The van der Waals surface area contributed by atoms with Gasteiger partial charge in [0.25, 0.3) is 0 Å². The van der Waals surface area contributed by atoms with Gasteiger partial charge in [-0.05, 0) is 86.8 Å². The summed E-state index contributed by atoms with van der Waals surface area (Å²) in [5, 5.41) is 13.6. The summed E-state index contributed by atoms with van der Waals surface area (Å²) in [6, 6.07) is 10.9. The lowest BCUT2D eigenvalue weighted by atomic mass is 9.86. The number of fused-ring (bicyclic) bond motifs is 1. The van der Waals surface area contributed by atoms with Gasteiger partial charge >= 0.3 is 0 Å². The number of phenolic OH excluding ortho intramolecular Hbond substituents is 1. The molecule has 39 heavy (non-hydrogen) atoms. The maximum Gasteiger partial charge on any atom is 0.193 e. The molecule has 0 bridgehead atoms. The van der Waals surface area contributed by atoms with Crippen LogP contribution in [0.5, 0.6) is 5.75 Å². The third-order valence-corrected chi connectivity index (χ3v) is 8.12. The summed E-state index contributed by atoms with van der Waals surface area (Å²) >= 11 is 0. The Balaban J connectivity index is 1.23. The van der Waals surface area contributed by atoms with Crippen LogP contribution in [0.3, 0.4) is 0 Å². The molecule has 6 rings (SSSR count). The second-order valence-corrected chi connectivity index (χ2v) is 11.1. The van der Waals surface area contributed by atoms with E-state index in [0.29, 0.717) is 23.5 Å². The average molecular weight is 528 g/mol. The quantitative estimate of drug-likeness (QED) is 0.293. The van der Waals surface area contributed by atoms with Gasteiger partial charge in [-0.15, -0.1) is 0 Å². The molecular formula is C31H34FN5O2. The van der Waals surface area contributed by atoms with Gasteiger partial charge in [0, 0.05) is 66.5 Å². The van der Waals surface area contributed by atoms with Gasteiger partial charge in [-0.3, -0.25) is 14.8 Å². The Bertz CT molecular complexity index is 1530. The van der Waals surface area contributed by atoms with E-state index in [0.717, 1.165) is 61.3 Å². The number of aromatic hydroxyl groups is 1. The van der Waals surface area contributed by atoms with Crippen molar-refractivity contribution in [1.82, 2.24) is 20.3 Å². The number of aromatic nitrogens is 3. The van der Waals surface area contributed by atoms with Gasteiger partial charge in [0.15, 0.2) is 17.0 Å². The molecule has 1 aromatic carbocycles. The first-order valence-electron chi connectivity index (χ1n) is 13.8.